The number of hydrogen-bond donors (Lipinski definition) is 4. The smallest absolute Gasteiger partial charge is 0.326 e. The minimum Gasteiger partial charge on any atom is -0.490 e. The van der Waals surface area contributed by atoms with Crippen LogP contribution in [0.25, 0.3) is 11.0 Å². The van der Waals surface area contributed by atoms with Crippen molar-refractivity contribution < 1.29 is 14.6 Å². The van der Waals surface area contributed by atoms with Gasteiger partial charge in [-0.3, -0.25) is 15.0 Å². The lowest BCUT2D eigenvalue weighted by atomic mass is 10.1. The van der Waals surface area contributed by atoms with E-state index in [1.165, 1.54) is 11.9 Å². The molecule has 41 heavy (non-hydrogen) atoms. The lowest BCUT2D eigenvalue weighted by molar-refractivity contribution is -0.138. The Bertz CT molecular complexity index is 1440. The molecule has 1 aliphatic rings. The molecule has 0 bridgehead atoms. The number of pyridine rings is 2. The topological polar surface area (TPSA) is 154 Å². The third-order valence-electron chi connectivity index (χ3n) is 7.32. The number of unbranched alkanes of at least 4 members (excludes halogenated alkanes) is 1. The predicted octanol–water partition coefficient (Wildman–Crippen LogP) is 3.47. The van der Waals surface area contributed by atoms with Crippen molar-refractivity contribution in [1.82, 2.24) is 35.0 Å². The summed E-state index contributed by atoms with van der Waals surface area (Å²) in [5, 5.41) is 23.3. The van der Waals surface area contributed by atoms with Crippen molar-refractivity contribution in [1.29, 1.82) is 0 Å². The number of anilines is 2. The van der Waals surface area contributed by atoms with Crippen LogP contribution in [0.1, 0.15) is 42.6 Å². The molecule has 4 aromatic rings. The minimum absolute atomic E-state index is 0.388. The molecule has 4 aromatic heterocycles. The number of ether oxygens (including phenoxy) is 1. The van der Waals surface area contributed by atoms with Crippen molar-refractivity contribution in [2.45, 2.75) is 51.5 Å². The zero-order chi connectivity index (χ0) is 28.4. The average Bonchev–Trinajstić information content (AvgIpc) is 3.47. The summed E-state index contributed by atoms with van der Waals surface area (Å²) in [5.74, 6) is 1.28. The van der Waals surface area contributed by atoms with Gasteiger partial charge >= 0.3 is 5.97 Å². The molecule has 0 saturated carbocycles. The second kappa shape index (κ2) is 13.8. The van der Waals surface area contributed by atoms with Crippen molar-refractivity contribution in [3.05, 3.63) is 59.9 Å². The molecule has 12 nitrogen and oxygen atoms in total. The molecule has 0 aliphatic carbocycles. The van der Waals surface area contributed by atoms with Crippen LogP contribution in [0.2, 0.25) is 0 Å². The van der Waals surface area contributed by atoms with Crippen LogP contribution in [-0.4, -0.2) is 84.9 Å². The number of aliphatic carboxylic acids is 1. The first-order chi connectivity index (χ1) is 20.1. The quantitative estimate of drug-likeness (QED) is 0.158. The van der Waals surface area contributed by atoms with Gasteiger partial charge in [-0.25, -0.2) is 19.7 Å². The Labute approximate surface area is 239 Å². The summed E-state index contributed by atoms with van der Waals surface area (Å²) in [5.41, 5.74) is 4.45. The summed E-state index contributed by atoms with van der Waals surface area (Å²) in [4.78, 5) is 31.9. The van der Waals surface area contributed by atoms with Crippen LogP contribution in [0.5, 0.6) is 5.75 Å². The van der Waals surface area contributed by atoms with Crippen molar-refractivity contribution in [2.24, 2.45) is 0 Å². The summed E-state index contributed by atoms with van der Waals surface area (Å²) < 4.78 is 6.00. The van der Waals surface area contributed by atoms with E-state index in [0.29, 0.717) is 43.0 Å². The lowest BCUT2D eigenvalue weighted by Gasteiger charge is -2.25. The number of aromatic nitrogens is 6. The van der Waals surface area contributed by atoms with Gasteiger partial charge < -0.3 is 20.5 Å². The van der Waals surface area contributed by atoms with Gasteiger partial charge in [0.2, 0.25) is 0 Å². The maximum atomic E-state index is 12.2. The molecule has 4 N–H and O–H groups in total. The average molecular weight is 560 g/mol. The van der Waals surface area contributed by atoms with E-state index in [-0.39, 0.29) is 0 Å². The van der Waals surface area contributed by atoms with E-state index in [4.69, 9.17) is 9.72 Å². The van der Waals surface area contributed by atoms with Gasteiger partial charge in [0.1, 0.15) is 41.6 Å². The molecule has 0 saturated heterocycles. The largest absolute Gasteiger partial charge is 0.490 e. The third kappa shape index (κ3) is 7.66. The number of fused-ring (bicyclic) bond motifs is 2. The number of nitrogens with one attached hydrogen (secondary N) is 3. The maximum Gasteiger partial charge on any atom is 0.326 e. The fourth-order valence-electron chi connectivity index (χ4n) is 5.00. The summed E-state index contributed by atoms with van der Waals surface area (Å²) in [6.07, 6.45) is 10.2. The Morgan fingerprint density at radius 3 is 2.98 bits per heavy atom. The van der Waals surface area contributed by atoms with Crippen LogP contribution < -0.4 is 15.4 Å². The van der Waals surface area contributed by atoms with Gasteiger partial charge in [-0.1, -0.05) is 6.07 Å². The van der Waals surface area contributed by atoms with Crippen LogP contribution in [0.4, 0.5) is 11.6 Å². The van der Waals surface area contributed by atoms with Crippen LogP contribution in [-0.2, 0) is 17.6 Å². The van der Waals surface area contributed by atoms with Gasteiger partial charge in [0.05, 0.1) is 11.9 Å². The molecule has 1 atom stereocenters. The molecule has 5 rings (SSSR count). The molecule has 0 radical (unpaired) electrons. The van der Waals surface area contributed by atoms with Crippen molar-refractivity contribution in [3.8, 4) is 5.75 Å². The highest BCUT2D eigenvalue weighted by atomic mass is 16.5. The normalized spacial score (nSPS) is 13.5. The fraction of sp³-hybridized carbons (Fsp3) is 0.448. The molecular formula is C29H37N9O3. The highest BCUT2D eigenvalue weighted by Gasteiger charge is 2.21. The van der Waals surface area contributed by atoms with E-state index in [1.54, 1.807) is 12.4 Å². The van der Waals surface area contributed by atoms with E-state index in [2.05, 4.69) is 52.8 Å². The Kier molecular flexibility index (Phi) is 9.53. The van der Waals surface area contributed by atoms with E-state index < -0.39 is 12.0 Å². The summed E-state index contributed by atoms with van der Waals surface area (Å²) in [6, 6.07) is 7.28. The van der Waals surface area contributed by atoms with Crippen LogP contribution >= 0.6 is 0 Å². The van der Waals surface area contributed by atoms with Crippen molar-refractivity contribution >= 4 is 28.6 Å². The first kappa shape index (κ1) is 28.2. The number of hydrogen-bond acceptors (Lipinski definition) is 10. The number of carboxylic acid groups (broad SMARTS) is 1. The number of H-pyrrole nitrogens is 1. The molecule has 12 heteroatoms. The van der Waals surface area contributed by atoms with Crippen LogP contribution in [0.15, 0.2) is 43.0 Å². The second-order valence-electron chi connectivity index (χ2n) is 10.3. The van der Waals surface area contributed by atoms with Gasteiger partial charge in [-0.2, -0.15) is 5.10 Å². The van der Waals surface area contributed by atoms with Crippen LogP contribution in [0.3, 0.4) is 0 Å². The van der Waals surface area contributed by atoms with E-state index >= 15 is 0 Å². The molecule has 216 valence electrons. The monoisotopic (exact) mass is 559 g/mol. The summed E-state index contributed by atoms with van der Waals surface area (Å²) in [7, 11) is 0. The second-order valence-corrected chi connectivity index (χ2v) is 10.3. The molecule has 5 heterocycles. The Morgan fingerprint density at radius 2 is 2.10 bits per heavy atom. The first-order valence-corrected chi connectivity index (χ1v) is 14.2. The zero-order valence-corrected chi connectivity index (χ0v) is 23.3. The van der Waals surface area contributed by atoms with Gasteiger partial charge in [0.25, 0.3) is 0 Å². The van der Waals surface area contributed by atoms with E-state index in [1.807, 2.05) is 19.1 Å². The van der Waals surface area contributed by atoms with Gasteiger partial charge in [0, 0.05) is 31.5 Å². The Morgan fingerprint density at radius 1 is 1.17 bits per heavy atom. The van der Waals surface area contributed by atoms with Crippen molar-refractivity contribution in [2.75, 3.05) is 43.4 Å². The van der Waals surface area contributed by atoms with Gasteiger partial charge in [0.15, 0.2) is 5.82 Å². The fourth-order valence-corrected chi connectivity index (χ4v) is 5.00. The molecule has 0 aromatic carbocycles. The summed E-state index contributed by atoms with van der Waals surface area (Å²) in [6.45, 7) is 5.46. The SMILES string of the molecule is Cc1ncccc1OCCN(CCCCc1ccc2c(n1)NCCC2)CCC(Nc1ncnc2cn[nH]c12)C(=O)O. The minimum atomic E-state index is -0.939. The Hall–Kier alpha value is -4.32. The maximum absolute atomic E-state index is 12.2. The third-order valence-corrected chi connectivity index (χ3v) is 7.32. The van der Waals surface area contributed by atoms with Gasteiger partial charge in [-0.15, -0.1) is 0 Å². The molecule has 0 amide bonds. The number of aryl methyl sites for hydroxylation is 3. The van der Waals surface area contributed by atoms with Gasteiger partial charge in [-0.05, 0) is 75.8 Å². The van der Waals surface area contributed by atoms with Crippen LogP contribution in [0, 0.1) is 6.92 Å². The molecule has 1 unspecified atom stereocenters. The summed E-state index contributed by atoms with van der Waals surface area (Å²) >= 11 is 0. The highest BCUT2D eigenvalue weighted by Crippen LogP contribution is 2.21. The molecule has 1 aliphatic heterocycles. The van der Waals surface area contributed by atoms with E-state index in [0.717, 1.165) is 68.1 Å². The predicted molar refractivity (Wildman–Crippen MR) is 156 cm³/mol. The number of nitrogens with zero attached hydrogens (tertiary/aromatic N) is 6. The molecule has 0 spiro atoms. The number of carbonyl (C=O) groups is 1. The van der Waals surface area contributed by atoms with Crippen molar-refractivity contribution in [3.63, 3.8) is 0 Å². The molecule has 0 fully saturated rings. The molecular weight excluding hydrogens is 522 g/mol. The number of carboxylic acids is 1. The lowest BCUT2D eigenvalue weighted by Crippen LogP contribution is -2.37. The zero-order valence-electron chi connectivity index (χ0n) is 23.3. The van der Waals surface area contributed by atoms with E-state index in [9.17, 15) is 9.90 Å². The first-order valence-electron chi connectivity index (χ1n) is 14.2. The Balaban J connectivity index is 1.17. The number of aromatic amines is 1. The highest BCUT2D eigenvalue weighted by molar-refractivity contribution is 5.87. The standard InChI is InChI=1S/C29H37N9O3/c1-20-25(8-5-12-30-20)41-17-16-38(14-3-2-7-22-10-9-21-6-4-13-31-27(21)35-22)15-11-23(29(39)40)36-28-26-24(18-34-37-26)32-19-33-28/h5,8-10,12,18-19,23H,2-4,6-7,11,13-17H2,1H3,(H,31,35)(H,34,37)(H,39,40)(H,32,33,36). The number of rotatable bonds is 15.